The molecule has 0 saturated heterocycles. The predicted octanol–water partition coefficient (Wildman–Crippen LogP) is 3.31. The lowest BCUT2D eigenvalue weighted by atomic mass is 9.97. The van der Waals surface area contributed by atoms with E-state index < -0.39 is 11.9 Å². The molecule has 0 radical (unpaired) electrons. The first kappa shape index (κ1) is 19.0. The molecule has 0 aliphatic rings. The molecule has 0 aliphatic carbocycles. The quantitative estimate of drug-likeness (QED) is 0.790. The van der Waals surface area contributed by atoms with Crippen LogP contribution in [-0.2, 0) is 4.79 Å². The highest BCUT2D eigenvalue weighted by atomic mass is 35.5. The van der Waals surface area contributed by atoms with Crippen molar-refractivity contribution in [2.75, 3.05) is 6.54 Å². The van der Waals surface area contributed by atoms with Gasteiger partial charge < -0.3 is 10.4 Å². The van der Waals surface area contributed by atoms with Gasteiger partial charge in [-0.2, -0.15) is 5.10 Å². The van der Waals surface area contributed by atoms with Gasteiger partial charge in [0.2, 0.25) is 0 Å². The molecule has 0 spiro atoms. The Labute approximate surface area is 151 Å². The summed E-state index contributed by atoms with van der Waals surface area (Å²) in [7, 11) is 0. The van der Waals surface area contributed by atoms with Crippen molar-refractivity contribution in [3.8, 4) is 5.69 Å². The fourth-order valence-corrected chi connectivity index (χ4v) is 2.75. The van der Waals surface area contributed by atoms with Gasteiger partial charge in [0.15, 0.2) is 0 Å². The van der Waals surface area contributed by atoms with E-state index in [0.29, 0.717) is 22.7 Å². The normalized spacial score (nSPS) is 12.2. The van der Waals surface area contributed by atoms with E-state index in [1.54, 1.807) is 23.7 Å². The molecule has 0 aliphatic heterocycles. The van der Waals surface area contributed by atoms with Crippen molar-refractivity contribution in [1.29, 1.82) is 0 Å². The lowest BCUT2D eigenvalue weighted by molar-refractivity contribution is -0.142. The third-order valence-corrected chi connectivity index (χ3v) is 4.19. The molecule has 2 rings (SSSR count). The molecule has 1 heterocycles. The van der Waals surface area contributed by atoms with Crippen LogP contribution in [0.1, 0.15) is 36.3 Å². The molecule has 7 heteroatoms. The largest absolute Gasteiger partial charge is 0.481 e. The molecular formula is C18H22ClN3O3. The minimum atomic E-state index is -0.900. The average Bonchev–Trinajstić information content (AvgIpc) is 2.93. The number of hydrogen-bond acceptors (Lipinski definition) is 3. The SMILES string of the molecule is Cc1c(C(=O)NCC(CC(C)C)C(=O)O)cnn1-c1ccc(Cl)cc1. The number of carbonyl (C=O) groups is 2. The van der Waals surface area contributed by atoms with Crippen molar-refractivity contribution in [2.45, 2.75) is 27.2 Å². The van der Waals surface area contributed by atoms with Gasteiger partial charge in [0, 0.05) is 11.6 Å². The first-order valence-electron chi connectivity index (χ1n) is 8.11. The molecule has 0 fully saturated rings. The van der Waals surface area contributed by atoms with E-state index in [9.17, 15) is 14.7 Å². The third kappa shape index (κ3) is 4.82. The van der Waals surface area contributed by atoms with Gasteiger partial charge >= 0.3 is 5.97 Å². The Morgan fingerprint density at radius 1 is 1.28 bits per heavy atom. The van der Waals surface area contributed by atoms with Crippen molar-refractivity contribution >= 4 is 23.5 Å². The van der Waals surface area contributed by atoms with Crippen molar-refractivity contribution in [3.05, 3.63) is 46.7 Å². The van der Waals surface area contributed by atoms with Gasteiger partial charge in [-0.05, 0) is 43.5 Å². The van der Waals surface area contributed by atoms with Crippen LogP contribution in [0.15, 0.2) is 30.5 Å². The van der Waals surface area contributed by atoms with Crippen molar-refractivity contribution in [1.82, 2.24) is 15.1 Å². The zero-order chi connectivity index (χ0) is 18.6. The van der Waals surface area contributed by atoms with E-state index in [-0.39, 0.29) is 18.4 Å². The first-order chi connectivity index (χ1) is 11.8. The monoisotopic (exact) mass is 363 g/mol. The minimum Gasteiger partial charge on any atom is -0.481 e. The number of halogens is 1. The summed E-state index contributed by atoms with van der Waals surface area (Å²) >= 11 is 5.89. The second-order valence-corrected chi connectivity index (χ2v) is 6.84. The number of carbonyl (C=O) groups excluding carboxylic acids is 1. The molecule has 1 unspecified atom stereocenters. The third-order valence-electron chi connectivity index (χ3n) is 3.94. The summed E-state index contributed by atoms with van der Waals surface area (Å²) in [5, 5.41) is 16.8. The first-order valence-corrected chi connectivity index (χ1v) is 8.49. The molecule has 0 bridgehead atoms. The molecule has 1 atom stereocenters. The number of benzene rings is 1. The van der Waals surface area contributed by atoms with Gasteiger partial charge in [0.05, 0.1) is 29.1 Å². The summed E-state index contributed by atoms with van der Waals surface area (Å²) < 4.78 is 1.65. The van der Waals surface area contributed by atoms with Crippen LogP contribution in [0.4, 0.5) is 0 Å². The number of amides is 1. The summed E-state index contributed by atoms with van der Waals surface area (Å²) in [5.74, 6) is -1.58. The number of hydrogen-bond donors (Lipinski definition) is 2. The summed E-state index contributed by atoms with van der Waals surface area (Å²) in [6.45, 7) is 5.80. The Hall–Kier alpha value is -2.34. The molecule has 2 N–H and O–H groups in total. The van der Waals surface area contributed by atoms with Gasteiger partial charge in [0.25, 0.3) is 5.91 Å². The van der Waals surface area contributed by atoms with Gasteiger partial charge in [-0.25, -0.2) is 4.68 Å². The topological polar surface area (TPSA) is 84.2 Å². The Bertz CT molecular complexity index is 753. The highest BCUT2D eigenvalue weighted by molar-refractivity contribution is 6.30. The van der Waals surface area contributed by atoms with E-state index in [1.165, 1.54) is 6.20 Å². The van der Waals surface area contributed by atoms with E-state index >= 15 is 0 Å². The Balaban J connectivity index is 2.10. The highest BCUT2D eigenvalue weighted by Crippen LogP contribution is 2.17. The van der Waals surface area contributed by atoms with Gasteiger partial charge in [-0.1, -0.05) is 25.4 Å². The number of carboxylic acid groups (broad SMARTS) is 1. The standard InChI is InChI=1S/C18H22ClN3O3/c1-11(2)8-13(18(24)25)9-20-17(23)16-10-21-22(12(16)3)15-6-4-14(19)5-7-15/h4-7,10-11,13H,8-9H2,1-3H3,(H,20,23)(H,24,25). The van der Waals surface area contributed by atoms with Gasteiger partial charge in [-0.15, -0.1) is 0 Å². The zero-order valence-electron chi connectivity index (χ0n) is 14.5. The molecule has 2 aromatic rings. The van der Waals surface area contributed by atoms with Crippen LogP contribution in [0.25, 0.3) is 5.69 Å². The fourth-order valence-electron chi connectivity index (χ4n) is 2.63. The predicted molar refractivity (Wildman–Crippen MR) is 96.2 cm³/mol. The molecular weight excluding hydrogens is 342 g/mol. The van der Waals surface area contributed by atoms with Gasteiger partial charge in [-0.3, -0.25) is 9.59 Å². The maximum absolute atomic E-state index is 12.4. The van der Waals surface area contributed by atoms with Crippen LogP contribution in [0.2, 0.25) is 5.02 Å². The zero-order valence-corrected chi connectivity index (χ0v) is 15.2. The summed E-state index contributed by atoms with van der Waals surface area (Å²) in [6, 6.07) is 7.13. The van der Waals surface area contributed by atoms with Crippen LogP contribution in [0, 0.1) is 18.8 Å². The smallest absolute Gasteiger partial charge is 0.308 e. The van der Waals surface area contributed by atoms with Crippen LogP contribution in [-0.4, -0.2) is 33.3 Å². The molecule has 6 nitrogen and oxygen atoms in total. The summed E-state index contributed by atoms with van der Waals surface area (Å²) in [5.41, 5.74) is 1.89. The number of carboxylic acids is 1. The van der Waals surface area contributed by atoms with Crippen LogP contribution in [0.3, 0.4) is 0 Å². The second-order valence-electron chi connectivity index (χ2n) is 6.41. The minimum absolute atomic E-state index is 0.0952. The maximum Gasteiger partial charge on any atom is 0.308 e. The molecule has 25 heavy (non-hydrogen) atoms. The molecule has 1 amide bonds. The summed E-state index contributed by atoms with van der Waals surface area (Å²) in [4.78, 5) is 23.7. The average molecular weight is 364 g/mol. The summed E-state index contributed by atoms with van der Waals surface area (Å²) in [6.07, 6.45) is 2.00. The number of aromatic nitrogens is 2. The Morgan fingerprint density at radius 3 is 2.48 bits per heavy atom. The Morgan fingerprint density at radius 2 is 1.92 bits per heavy atom. The van der Waals surface area contributed by atoms with E-state index in [2.05, 4.69) is 10.4 Å². The van der Waals surface area contributed by atoms with Crippen molar-refractivity contribution < 1.29 is 14.7 Å². The van der Waals surface area contributed by atoms with Crippen LogP contribution in [0.5, 0.6) is 0 Å². The fraction of sp³-hybridized carbons (Fsp3) is 0.389. The van der Waals surface area contributed by atoms with E-state index in [1.807, 2.05) is 26.0 Å². The number of nitrogens with one attached hydrogen (secondary N) is 1. The number of nitrogens with zero attached hydrogens (tertiary/aromatic N) is 2. The lowest BCUT2D eigenvalue weighted by Crippen LogP contribution is -2.33. The molecule has 0 saturated carbocycles. The second kappa shape index (κ2) is 8.16. The molecule has 1 aromatic heterocycles. The molecule has 1 aromatic carbocycles. The van der Waals surface area contributed by atoms with Crippen LogP contribution < -0.4 is 5.32 Å². The van der Waals surface area contributed by atoms with E-state index in [0.717, 1.165) is 5.69 Å². The lowest BCUT2D eigenvalue weighted by Gasteiger charge is -2.15. The van der Waals surface area contributed by atoms with Crippen molar-refractivity contribution in [2.24, 2.45) is 11.8 Å². The van der Waals surface area contributed by atoms with E-state index in [4.69, 9.17) is 11.6 Å². The highest BCUT2D eigenvalue weighted by Gasteiger charge is 2.21. The number of rotatable bonds is 7. The Kier molecular flexibility index (Phi) is 6.20. The number of aliphatic carboxylic acids is 1. The van der Waals surface area contributed by atoms with Crippen LogP contribution >= 0.6 is 11.6 Å². The maximum atomic E-state index is 12.4. The van der Waals surface area contributed by atoms with Gasteiger partial charge in [0.1, 0.15) is 0 Å². The van der Waals surface area contributed by atoms with Crippen molar-refractivity contribution in [3.63, 3.8) is 0 Å². The molecule has 134 valence electrons.